The third-order valence-corrected chi connectivity index (χ3v) is 5.75. The molecule has 1 aliphatic rings. The minimum Gasteiger partial charge on any atom is -0.463 e. The number of hydrogen-bond donors (Lipinski definition) is 2. The zero-order chi connectivity index (χ0) is 19.7. The zero-order valence-corrected chi connectivity index (χ0v) is 16.5. The van der Waals surface area contributed by atoms with Gasteiger partial charge in [0.15, 0.2) is 0 Å². The number of carbonyl (C=O) groups excluding carboxylic acids is 2. The minimum absolute atomic E-state index is 0.0359. The van der Waals surface area contributed by atoms with Crippen molar-refractivity contribution in [2.75, 3.05) is 6.61 Å². The fraction of sp³-hybridized carbons (Fsp3) is 0.444. The van der Waals surface area contributed by atoms with Gasteiger partial charge in [0.2, 0.25) is 0 Å². The Bertz CT molecular complexity index is 1000. The van der Waals surface area contributed by atoms with Crippen molar-refractivity contribution >= 4 is 33.6 Å². The van der Waals surface area contributed by atoms with Crippen molar-refractivity contribution in [3.8, 4) is 0 Å². The van der Waals surface area contributed by atoms with E-state index in [1.165, 1.54) is 22.2 Å². The van der Waals surface area contributed by atoms with E-state index in [1.54, 1.807) is 6.92 Å². The number of nitrogens with zero attached hydrogens (tertiary/aromatic N) is 2. The maximum atomic E-state index is 12.9. The van der Waals surface area contributed by atoms with Crippen molar-refractivity contribution < 1.29 is 14.3 Å². The average molecular weight is 390 g/mol. The summed E-state index contributed by atoms with van der Waals surface area (Å²) < 4.78 is 6.56. The molecular formula is C18H22N4O4S. The van der Waals surface area contributed by atoms with Gasteiger partial charge in [0.05, 0.1) is 42.2 Å². The van der Waals surface area contributed by atoms with Gasteiger partial charge in [-0.1, -0.05) is 6.92 Å². The van der Waals surface area contributed by atoms with Crippen LogP contribution in [0.1, 0.15) is 30.7 Å². The lowest BCUT2D eigenvalue weighted by Crippen LogP contribution is -2.51. The number of urea groups is 1. The summed E-state index contributed by atoms with van der Waals surface area (Å²) in [4.78, 5) is 43.5. The highest BCUT2D eigenvalue weighted by Gasteiger charge is 2.31. The second-order valence-corrected chi connectivity index (χ2v) is 7.52. The monoisotopic (exact) mass is 390 g/mol. The fourth-order valence-corrected chi connectivity index (χ4v) is 4.13. The molecule has 0 bridgehead atoms. The van der Waals surface area contributed by atoms with Crippen molar-refractivity contribution in [3.05, 3.63) is 38.4 Å². The third-order valence-electron chi connectivity index (χ3n) is 4.63. The van der Waals surface area contributed by atoms with E-state index in [4.69, 9.17) is 4.74 Å². The van der Waals surface area contributed by atoms with E-state index in [0.29, 0.717) is 27.9 Å². The molecule has 27 heavy (non-hydrogen) atoms. The smallest absolute Gasteiger partial charge is 0.337 e. The second kappa shape index (κ2) is 7.51. The molecule has 0 spiro atoms. The molecule has 2 aromatic rings. The second-order valence-electron chi connectivity index (χ2n) is 6.31. The van der Waals surface area contributed by atoms with E-state index in [0.717, 1.165) is 10.4 Å². The van der Waals surface area contributed by atoms with Gasteiger partial charge in [0.25, 0.3) is 5.56 Å². The van der Waals surface area contributed by atoms with Crippen molar-refractivity contribution in [2.24, 2.45) is 0 Å². The molecule has 2 amide bonds. The van der Waals surface area contributed by atoms with E-state index in [9.17, 15) is 14.4 Å². The first kappa shape index (κ1) is 19.1. The molecule has 1 aliphatic heterocycles. The summed E-state index contributed by atoms with van der Waals surface area (Å²) in [5.74, 6) is -0.503. The zero-order valence-electron chi connectivity index (χ0n) is 15.7. The summed E-state index contributed by atoms with van der Waals surface area (Å²) in [6.07, 6.45) is 1.98. The highest BCUT2D eigenvalue weighted by molar-refractivity contribution is 7.18. The highest BCUT2D eigenvalue weighted by Crippen LogP contribution is 2.25. The first-order chi connectivity index (χ1) is 12.9. The number of esters is 1. The van der Waals surface area contributed by atoms with Crippen LogP contribution in [0.5, 0.6) is 0 Å². The summed E-state index contributed by atoms with van der Waals surface area (Å²) in [5.41, 5.74) is 1.40. The van der Waals surface area contributed by atoms with Crippen LogP contribution in [0.15, 0.2) is 22.4 Å². The highest BCUT2D eigenvalue weighted by atomic mass is 32.1. The lowest BCUT2D eigenvalue weighted by atomic mass is 10.00. The molecule has 1 atom stereocenters. The van der Waals surface area contributed by atoms with Gasteiger partial charge in [-0.3, -0.25) is 9.36 Å². The van der Waals surface area contributed by atoms with E-state index in [-0.39, 0.29) is 18.7 Å². The molecule has 0 unspecified atom stereocenters. The number of amides is 2. The minimum atomic E-state index is -0.503. The fourth-order valence-electron chi connectivity index (χ4n) is 3.14. The lowest BCUT2D eigenvalue weighted by Gasteiger charge is -2.28. The van der Waals surface area contributed by atoms with Gasteiger partial charge in [-0.05, 0) is 32.8 Å². The number of carbonyl (C=O) groups is 2. The Hall–Kier alpha value is -2.68. The molecule has 9 heteroatoms. The van der Waals surface area contributed by atoms with Crippen molar-refractivity contribution in [3.63, 3.8) is 0 Å². The maximum absolute atomic E-state index is 12.9. The van der Waals surface area contributed by atoms with E-state index < -0.39 is 18.0 Å². The van der Waals surface area contributed by atoms with Gasteiger partial charge in [-0.25, -0.2) is 14.6 Å². The Kier molecular flexibility index (Phi) is 5.31. The van der Waals surface area contributed by atoms with Gasteiger partial charge >= 0.3 is 12.0 Å². The van der Waals surface area contributed by atoms with Crippen molar-refractivity contribution in [1.82, 2.24) is 20.2 Å². The summed E-state index contributed by atoms with van der Waals surface area (Å²) in [5, 5.41) is 5.95. The molecule has 2 aromatic heterocycles. The average Bonchev–Trinajstić information content (AvgIpc) is 2.92. The largest absolute Gasteiger partial charge is 0.463 e. The molecule has 3 heterocycles. The van der Waals surface area contributed by atoms with E-state index in [2.05, 4.69) is 15.6 Å². The Morgan fingerprint density at radius 1 is 1.33 bits per heavy atom. The number of aryl methyl sites for hydroxylation is 2. The summed E-state index contributed by atoms with van der Waals surface area (Å²) in [6.45, 7) is 7.69. The molecule has 0 radical (unpaired) electrons. The summed E-state index contributed by atoms with van der Waals surface area (Å²) >= 11 is 1.47. The summed E-state index contributed by atoms with van der Waals surface area (Å²) in [7, 11) is 0. The van der Waals surface area contributed by atoms with Crippen LogP contribution < -0.4 is 16.2 Å². The molecule has 0 saturated carbocycles. The predicted molar refractivity (Wildman–Crippen MR) is 103 cm³/mol. The van der Waals surface area contributed by atoms with Crippen LogP contribution in [0, 0.1) is 13.8 Å². The van der Waals surface area contributed by atoms with Crippen LogP contribution >= 0.6 is 11.3 Å². The lowest BCUT2D eigenvalue weighted by molar-refractivity contribution is -0.139. The molecule has 144 valence electrons. The number of aromatic nitrogens is 2. The number of thiophene rings is 1. The molecule has 2 N–H and O–H groups in total. The molecule has 0 aliphatic carbocycles. The van der Waals surface area contributed by atoms with Crippen LogP contribution in [0.4, 0.5) is 4.79 Å². The van der Waals surface area contributed by atoms with Gasteiger partial charge in [0, 0.05) is 4.88 Å². The SMILES string of the molecule is CCOC(=O)C1=C(Cn2cnc3sc(C)c(C)c3c2=O)NC(=O)N[C@H]1CC. The molecule has 0 fully saturated rings. The number of ether oxygens (including phenoxy) is 1. The standard InChI is InChI=1S/C18H22N4O4S/c1-5-11-14(17(24)26-6-2)12(21-18(25)20-11)7-22-8-19-15-13(16(22)23)9(3)10(4)27-15/h8,11H,5-7H2,1-4H3,(H2,20,21,25)/t11-/m0/s1. The van der Waals surface area contributed by atoms with Crippen molar-refractivity contribution in [2.45, 2.75) is 46.7 Å². The number of rotatable bonds is 5. The van der Waals surface area contributed by atoms with Crippen LogP contribution in [0.25, 0.3) is 10.2 Å². The third kappa shape index (κ3) is 3.46. The molecule has 8 nitrogen and oxygen atoms in total. The Morgan fingerprint density at radius 2 is 2.07 bits per heavy atom. The first-order valence-corrected chi connectivity index (χ1v) is 9.61. The van der Waals surface area contributed by atoms with E-state index >= 15 is 0 Å². The van der Waals surface area contributed by atoms with Crippen LogP contribution in [-0.4, -0.2) is 34.2 Å². The Labute approximate surface area is 160 Å². The molecule has 0 aromatic carbocycles. The topological polar surface area (TPSA) is 102 Å². The van der Waals surface area contributed by atoms with E-state index in [1.807, 2.05) is 20.8 Å². The first-order valence-electron chi connectivity index (χ1n) is 8.80. The Balaban J connectivity index is 2.10. The molecule has 3 rings (SSSR count). The quantitative estimate of drug-likeness (QED) is 0.760. The number of nitrogens with one attached hydrogen (secondary N) is 2. The van der Waals surface area contributed by atoms with Crippen molar-refractivity contribution in [1.29, 1.82) is 0 Å². The summed E-state index contributed by atoms with van der Waals surface area (Å²) in [6, 6.07) is -0.875. The maximum Gasteiger partial charge on any atom is 0.337 e. The van der Waals surface area contributed by atoms with Gasteiger partial charge in [-0.2, -0.15) is 0 Å². The van der Waals surface area contributed by atoms with Gasteiger partial charge in [-0.15, -0.1) is 11.3 Å². The molecular weight excluding hydrogens is 368 g/mol. The van der Waals surface area contributed by atoms with Crippen LogP contribution in [0.3, 0.4) is 0 Å². The Morgan fingerprint density at radius 3 is 2.74 bits per heavy atom. The number of hydrogen-bond acceptors (Lipinski definition) is 6. The predicted octanol–water partition coefficient (Wildman–Crippen LogP) is 1.98. The number of fused-ring (bicyclic) bond motifs is 1. The van der Waals surface area contributed by atoms with Gasteiger partial charge < -0.3 is 15.4 Å². The molecule has 0 saturated heterocycles. The normalized spacial score (nSPS) is 17.0. The van der Waals surface area contributed by atoms with Gasteiger partial charge in [0.1, 0.15) is 4.83 Å². The van der Waals surface area contributed by atoms with Crippen LogP contribution in [-0.2, 0) is 16.1 Å². The van der Waals surface area contributed by atoms with Crippen LogP contribution in [0.2, 0.25) is 0 Å². The number of allylic oxidation sites excluding steroid dienone is 1.